The Hall–Kier alpha value is -0.550. The number of hydrogen-bond acceptors (Lipinski definition) is 4. The number of hydrogen-bond donors (Lipinski definition) is 1. The highest BCUT2D eigenvalue weighted by Crippen LogP contribution is 2.17. The van der Waals surface area contributed by atoms with Gasteiger partial charge in [-0.1, -0.05) is 18.7 Å². The van der Waals surface area contributed by atoms with E-state index in [0.717, 1.165) is 17.5 Å². The highest BCUT2D eigenvalue weighted by Gasteiger charge is 2.12. The summed E-state index contributed by atoms with van der Waals surface area (Å²) in [7, 11) is 1.92. The Morgan fingerprint density at radius 2 is 2.19 bits per heavy atom. The zero-order valence-electron chi connectivity index (χ0n) is 10.8. The minimum Gasteiger partial charge on any atom is -0.312 e. The number of nitrogens with one attached hydrogen (secondary N) is 1. The molecule has 0 fully saturated rings. The Labute approximate surface area is 102 Å². The van der Waals surface area contributed by atoms with Crippen LogP contribution >= 0.6 is 11.8 Å². The molecular formula is C11H22N4S. The number of aryl methyl sites for hydroxylation is 1. The Morgan fingerprint density at radius 3 is 2.69 bits per heavy atom. The van der Waals surface area contributed by atoms with Crippen molar-refractivity contribution >= 4 is 11.8 Å². The molecule has 0 saturated carbocycles. The summed E-state index contributed by atoms with van der Waals surface area (Å²) in [5.41, 5.74) is 0.198. The minimum atomic E-state index is 0.198. The van der Waals surface area contributed by atoms with Crippen LogP contribution in [0, 0.1) is 5.92 Å². The smallest absolute Gasteiger partial charge is 0.185 e. The number of thioether (sulfide) groups is 1. The predicted octanol–water partition coefficient (Wildman–Crippen LogP) is 1.93. The van der Waals surface area contributed by atoms with Crippen molar-refractivity contribution in [3.05, 3.63) is 6.33 Å². The normalized spacial score (nSPS) is 14.1. The molecule has 1 atom stereocenters. The largest absolute Gasteiger partial charge is 0.312 e. The van der Waals surface area contributed by atoms with Crippen molar-refractivity contribution in [1.82, 2.24) is 20.1 Å². The van der Waals surface area contributed by atoms with Gasteiger partial charge in [0.25, 0.3) is 0 Å². The van der Waals surface area contributed by atoms with Crippen molar-refractivity contribution in [3.63, 3.8) is 0 Å². The van der Waals surface area contributed by atoms with Crippen LogP contribution in [0.25, 0.3) is 0 Å². The maximum atomic E-state index is 4.19. The van der Waals surface area contributed by atoms with Crippen LogP contribution in [0.3, 0.4) is 0 Å². The quantitative estimate of drug-likeness (QED) is 0.801. The molecule has 0 aliphatic heterocycles. The van der Waals surface area contributed by atoms with Crippen LogP contribution in [-0.2, 0) is 7.05 Å². The van der Waals surface area contributed by atoms with Gasteiger partial charge in [0, 0.05) is 18.3 Å². The molecule has 0 spiro atoms. The summed E-state index contributed by atoms with van der Waals surface area (Å²) in [5, 5.41) is 8.55. The van der Waals surface area contributed by atoms with E-state index < -0.39 is 0 Å². The number of rotatable bonds is 5. The Balaban J connectivity index is 2.25. The molecule has 1 rings (SSSR count). The van der Waals surface area contributed by atoms with Gasteiger partial charge < -0.3 is 5.32 Å². The molecule has 1 unspecified atom stereocenters. The van der Waals surface area contributed by atoms with Gasteiger partial charge in [-0.2, -0.15) is 5.10 Å². The van der Waals surface area contributed by atoms with Crippen LogP contribution in [0.1, 0.15) is 27.7 Å². The van der Waals surface area contributed by atoms with Crippen LogP contribution in [0.2, 0.25) is 0 Å². The molecule has 1 N–H and O–H groups in total. The molecule has 0 aliphatic carbocycles. The van der Waals surface area contributed by atoms with Gasteiger partial charge in [-0.15, -0.1) is 0 Å². The summed E-state index contributed by atoms with van der Waals surface area (Å²) in [5.74, 6) is 1.69. The molecule has 16 heavy (non-hydrogen) atoms. The fourth-order valence-corrected chi connectivity index (χ4v) is 2.08. The topological polar surface area (TPSA) is 42.7 Å². The molecular weight excluding hydrogens is 220 g/mol. The standard InChI is InChI=1S/C11H22N4S/c1-9(6-13-11(2,3)4)7-16-10-12-8-14-15(10)5/h8-9,13H,6-7H2,1-5H3. The first-order valence-corrected chi connectivity index (χ1v) is 6.59. The average molecular weight is 242 g/mol. The molecule has 92 valence electrons. The molecule has 0 radical (unpaired) electrons. The van der Waals surface area contributed by atoms with Crippen molar-refractivity contribution in [2.24, 2.45) is 13.0 Å². The minimum absolute atomic E-state index is 0.198. The van der Waals surface area contributed by atoms with Crippen LogP contribution in [0.5, 0.6) is 0 Å². The molecule has 1 heterocycles. The summed E-state index contributed by atoms with van der Waals surface area (Å²) in [6.45, 7) is 9.86. The zero-order chi connectivity index (χ0) is 12.2. The Morgan fingerprint density at radius 1 is 1.50 bits per heavy atom. The lowest BCUT2D eigenvalue weighted by Gasteiger charge is -2.23. The van der Waals surface area contributed by atoms with E-state index in [0.29, 0.717) is 5.92 Å². The van der Waals surface area contributed by atoms with E-state index in [1.165, 1.54) is 0 Å². The first-order valence-electron chi connectivity index (χ1n) is 5.60. The lowest BCUT2D eigenvalue weighted by atomic mass is 10.1. The maximum Gasteiger partial charge on any atom is 0.185 e. The summed E-state index contributed by atoms with van der Waals surface area (Å²) in [6, 6.07) is 0. The summed E-state index contributed by atoms with van der Waals surface area (Å²) < 4.78 is 1.81. The predicted molar refractivity (Wildman–Crippen MR) is 68.6 cm³/mol. The lowest BCUT2D eigenvalue weighted by molar-refractivity contribution is 0.395. The van der Waals surface area contributed by atoms with Crippen molar-refractivity contribution in [3.8, 4) is 0 Å². The highest BCUT2D eigenvalue weighted by atomic mass is 32.2. The summed E-state index contributed by atoms with van der Waals surface area (Å²) in [6.07, 6.45) is 1.60. The molecule has 0 saturated heterocycles. The van der Waals surface area contributed by atoms with Crippen LogP contribution in [-0.4, -0.2) is 32.6 Å². The molecule has 5 heteroatoms. The molecule has 1 aromatic rings. The second-order valence-corrected chi connectivity index (χ2v) is 6.20. The van der Waals surface area contributed by atoms with Gasteiger partial charge in [0.15, 0.2) is 5.16 Å². The van der Waals surface area contributed by atoms with E-state index in [4.69, 9.17) is 0 Å². The second kappa shape index (κ2) is 5.68. The van der Waals surface area contributed by atoms with Crippen molar-refractivity contribution in [2.75, 3.05) is 12.3 Å². The van der Waals surface area contributed by atoms with Gasteiger partial charge in [-0.3, -0.25) is 0 Å². The lowest BCUT2D eigenvalue weighted by Crippen LogP contribution is -2.39. The molecule has 0 amide bonds. The first kappa shape index (κ1) is 13.5. The van der Waals surface area contributed by atoms with E-state index in [1.54, 1.807) is 18.1 Å². The fraction of sp³-hybridized carbons (Fsp3) is 0.818. The van der Waals surface area contributed by atoms with E-state index in [2.05, 4.69) is 43.1 Å². The summed E-state index contributed by atoms with van der Waals surface area (Å²) in [4.78, 5) is 4.19. The fourth-order valence-electron chi connectivity index (χ4n) is 1.17. The third kappa shape index (κ3) is 4.99. The molecule has 1 aromatic heterocycles. The van der Waals surface area contributed by atoms with E-state index in [9.17, 15) is 0 Å². The van der Waals surface area contributed by atoms with Crippen molar-refractivity contribution < 1.29 is 0 Å². The first-order chi connectivity index (χ1) is 7.38. The van der Waals surface area contributed by atoms with Gasteiger partial charge in [0.1, 0.15) is 6.33 Å². The maximum absolute atomic E-state index is 4.19. The number of aromatic nitrogens is 3. The van der Waals surface area contributed by atoms with Crippen molar-refractivity contribution in [2.45, 2.75) is 38.4 Å². The monoisotopic (exact) mass is 242 g/mol. The van der Waals surface area contributed by atoms with Gasteiger partial charge in [-0.05, 0) is 33.2 Å². The van der Waals surface area contributed by atoms with Gasteiger partial charge >= 0.3 is 0 Å². The Kier molecular flexibility index (Phi) is 4.80. The second-order valence-electron chi connectivity index (χ2n) is 5.21. The summed E-state index contributed by atoms with van der Waals surface area (Å²) >= 11 is 1.76. The van der Waals surface area contributed by atoms with E-state index in [-0.39, 0.29) is 5.54 Å². The molecule has 0 aromatic carbocycles. The third-order valence-electron chi connectivity index (χ3n) is 2.15. The van der Waals surface area contributed by atoms with Crippen LogP contribution < -0.4 is 5.32 Å². The van der Waals surface area contributed by atoms with E-state index in [1.807, 2.05) is 11.7 Å². The van der Waals surface area contributed by atoms with E-state index >= 15 is 0 Å². The van der Waals surface area contributed by atoms with Gasteiger partial charge in [0.2, 0.25) is 0 Å². The van der Waals surface area contributed by atoms with Crippen molar-refractivity contribution in [1.29, 1.82) is 0 Å². The molecule has 4 nitrogen and oxygen atoms in total. The van der Waals surface area contributed by atoms with Gasteiger partial charge in [-0.25, -0.2) is 9.67 Å². The highest BCUT2D eigenvalue weighted by molar-refractivity contribution is 7.99. The molecule has 0 aliphatic rings. The van der Waals surface area contributed by atoms with Crippen LogP contribution in [0.15, 0.2) is 11.5 Å². The Bertz CT molecular complexity index is 316. The van der Waals surface area contributed by atoms with Gasteiger partial charge in [0.05, 0.1) is 0 Å². The SMILES string of the molecule is CC(CNC(C)(C)C)CSc1ncnn1C. The third-order valence-corrected chi connectivity index (χ3v) is 3.51. The average Bonchev–Trinajstić information content (AvgIpc) is 2.57. The molecule has 0 bridgehead atoms. The van der Waals surface area contributed by atoms with Crippen LogP contribution in [0.4, 0.5) is 0 Å². The number of nitrogens with zero attached hydrogens (tertiary/aromatic N) is 3. The zero-order valence-corrected chi connectivity index (χ0v) is 11.6.